The molecular weight excluding hydrogens is 258 g/mol. The van der Waals surface area contributed by atoms with Gasteiger partial charge in [-0.15, -0.1) is 11.3 Å². The number of anilines is 1. The van der Waals surface area contributed by atoms with Crippen LogP contribution >= 0.6 is 11.3 Å². The first-order valence-electron chi connectivity index (χ1n) is 5.78. The lowest BCUT2D eigenvalue weighted by Crippen LogP contribution is -2.26. The highest BCUT2D eigenvalue weighted by Gasteiger charge is 2.15. The minimum atomic E-state index is -0.110. The van der Waals surface area contributed by atoms with E-state index in [2.05, 4.69) is 9.97 Å². The van der Waals surface area contributed by atoms with Crippen LogP contribution < -0.4 is 4.90 Å². The maximum Gasteiger partial charge on any atom is 0.277 e. The maximum absolute atomic E-state index is 12.3. The quantitative estimate of drug-likeness (QED) is 0.718. The van der Waals surface area contributed by atoms with Crippen molar-refractivity contribution in [2.45, 2.75) is 0 Å². The first-order chi connectivity index (χ1) is 9.25. The second-order valence-electron chi connectivity index (χ2n) is 4.08. The van der Waals surface area contributed by atoms with Crippen LogP contribution in [0.15, 0.2) is 48.1 Å². The molecule has 0 aromatic carbocycles. The fraction of sp³-hybridized carbons (Fsp3) is 0.0714. The summed E-state index contributed by atoms with van der Waals surface area (Å²) in [5.41, 5.74) is 1.22. The van der Waals surface area contributed by atoms with E-state index in [1.54, 1.807) is 36.5 Å². The third kappa shape index (κ3) is 2.20. The zero-order chi connectivity index (χ0) is 13.2. The van der Waals surface area contributed by atoms with Gasteiger partial charge < -0.3 is 4.90 Å². The fourth-order valence-electron chi connectivity index (χ4n) is 1.82. The van der Waals surface area contributed by atoms with Gasteiger partial charge in [-0.1, -0.05) is 0 Å². The van der Waals surface area contributed by atoms with E-state index in [-0.39, 0.29) is 5.91 Å². The summed E-state index contributed by atoms with van der Waals surface area (Å²) in [6.07, 6.45) is 3.41. The standard InChI is InChI=1S/C14H11N3OS/c1-17(13-3-2-8-19-13)14(18)12-5-4-10-9-15-7-6-11(10)16-12/h2-9H,1H3. The van der Waals surface area contributed by atoms with E-state index in [0.29, 0.717) is 5.69 Å². The van der Waals surface area contributed by atoms with Crippen molar-refractivity contribution < 1.29 is 4.79 Å². The Bertz CT molecular complexity index is 724. The molecule has 0 saturated heterocycles. The molecule has 3 heterocycles. The lowest BCUT2D eigenvalue weighted by molar-refractivity contribution is 0.0989. The third-order valence-corrected chi connectivity index (χ3v) is 3.79. The molecule has 0 fully saturated rings. The summed E-state index contributed by atoms with van der Waals surface area (Å²) in [5.74, 6) is -0.110. The van der Waals surface area contributed by atoms with Gasteiger partial charge in [-0.3, -0.25) is 9.78 Å². The van der Waals surface area contributed by atoms with Gasteiger partial charge in [0.15, 0.2) is 0 Å². The van der Waals surface area contributed by atoms with E-state index in [4.69, 9.17) is 0 Å². The summed E-state index contributed by atoms with van der Waals surface area (Å²) in [7, 11) is 1.76. The highest BCUT2D eigenvalue weighted by molar-refractivity contribution is 7.14. The smallest absolute Gasteiger partial charge is 0.277 e. The van der Waals surface area contributed by atoms with Crippen LogP contribution in [-0.2, 0) is 0 Å². The Balaban J connectivity index is 1.97. The molecule has 4 nitrogen and oxygen atoms in total. The van der Waals surface area contributed by atoms with Crippen molar-refractivity contribution in [3.05, 3.63) is 53.8 Å². The Morgan fingerprint density at radius 1 is 1.26 bits per heavy atom. The van der Waals surface area contributed by atoms with Crippen LogP contribution in [0.25, 0.3) is 10.9 Å². The molecule has 19 heavy (non-hydrogen) atoms. The second kappa shape index (κ2) is 4.78. The highest BCUT2D eigenvalue weighted by atomic mass is 32.1. The van der Waals surface area contributed by atoms with Crippen LogP contribution in [-0.4, -0.2) is 22.9 Å². The van der Waals surface area contributed by atoms with Crippen molar-refractivity contribution in [2.75, 3.05) is 11.9 Å². The fourth-order valence-corrected chi connectivity index (χ4v) is 2.51. The maximum atomic E-state index is 12.3. The van der Waals surface area contributed by atoms with Crippen LogP contribution in [0.3, 0.4) is 0 Å². The Labute approximate surface area is 114 Å². The third-order valence-electron chi connectivity index (χ3n) is 2.85. The van der Waals surface area contributed by atoms with E-state index >= 15 is 0 Å². The molecule has 0 aliphatic carbocycles. The van der Waals surface area contributed by atoms with Crippen molar-refractivity contribution in [1.29, 1.82) is 0 Å². The molecule has 0 spiro atoms. The number of pyridine rings is 2. The Hall–Kier alpha value is -2.27. The molecular formula is C14H11N3OS. The van der Waals surface area contributed by atoms with Crippen molar-refractivity contribution in [3.8, 4) is 0 Å². The molecule has 0 aliphatic rings. The number of hydrogen-bond donors (Lipinski definition) is 0. The number of nitrogens with zero attached hydrogens (tertiary/aromatic N) is 3. The van der Waals surface area contributed by atoms with E-state index in [9.17, 15) is 4.79 Å². The predicted octanol–water partition coefficient (Wildman–Crippen LogP) is 2.97. The van der Waals surface area contributed by atoms with Gasteiger partial charge in [0, 0.05) is 24.8 Å². The van der Waals surface area contributed by atoms with E-state index in [1.807, 2.05) is 23.6 Å². The molecule has 3 aromatic heterocycles. The summed E-state index contributed by atoms with van der Waals surface area (Å²) in [5, 5.41) is 3.78. The first kappa shape index (κ1) is 11.8. The number of fused-ring (bicyclic) bond motifs is 1. The summed E-state index contributed by atoms with van der Waals surface area (Å²) < 4.78 is 0. The number of thiophene rings is 1. The van der Waals surface area contributed by atoms with Gasteiger partial charge in [-0.2, -0.15) is 0 Å². The Morgan fingerprint density at radius 2 is 2.16 bits per heavy atom. The second-order valence-corrected chi connectivity index (χ2v) is 5.01. The number of aromatic nitrogens is 2. The number of carbonyl (C=O) groups excluding carboxylic acids is 1. The van der Waals surface area contributed by atoms with Crippen molar-refractivity contribution in [3.63, 3.8) is 0 Å². The van der Waals surface area contributed by atoms with Crippen molar-refractivity contribution in [2.24, 2.45) is 0 Å². The number of carbonyl (C=O) groups is 1. The minimum absolute atomic E-state index is 0.110. The zero-order valence-electron chi connectivity index (χ0n) is 10.3. The summed E-state index contributed by atoms with van der Waals surface area (Å²) >= 11 is 1.52. The normalized spacial score (nSPS) is 10.6. The molecule has 0 saturated carbocycles. The largest absolute Gasteiger partial charge is 0.301 e. The van der Waals surface area contributed by atoms with Gasteiger partial charge >= 0.3 is 0 Å². The van der Waals surface area contributed by atoms with Crippen LogP contribution in [0.2, 0.25) is 0 Å². The lowest BCUT2D eigenvalue weighted by Gasteiger charge is -2.14. The van der Waals surface area contributed by atoms with Gasteiger partial charge in [0.2, 0.25) is 0 Å². The first-order valence-corrected chi connectivity index (χ1v) is 6.66. The molecule has 0 radical (unpaired) electrons. The van der Waals surface area contributed by atoms with Gasteiger partial charge in [0.1, 0.15) is 5.69 Å². The average molecular weight is 269 g/mol. The molecule has 0 atom stereocenters. The summed E-state index contributed by atoms with van der Waals surface area (Å²) in [6, 6.07) is 9.23. The SMILES string of the molecule is CN(C(=O)c1ccc2cnccc2n1)c1cccs1. The average Bonchev–Trinajstić information content (AvgIpc) is 2.99. The zero-order valence-corrected chi connectivity index (χ0v) is 11.1. The van der Waals surface area contributed by atoms with Gasteiger partial charge in [0.05, 0.1) is 10.5 Å². The molecule has 0 aliphatic heterocycles. The molecule has 3 aromatic rings. The number of amides is 1. The van der Waals surface area contributed by atoms with Crippen LogP contribution in [0.1, 0.15) is 10.5 Å². The van der Waals surface area contributed by atoms with E-state index in [1.165, 1.54) is 11.3 Å². The minimum Gasteiger partial charge on any atom is -0.301 e. The van der Waals surface area contributed by atoms with Crippen LogP contribution in [0.5, 0.6) is 0 Å². The Kier molecular flexibility index (Phi) is 2.97. The number of hydrogen-bond acceptors (Lipinski definition) is 4. The van der Waals surface area contributed by atoms with Crippen LogP contribution in [0, 0.1) is 0 Å². The molecule has 3 rings (SSSR count). The highest BCUT2D eigenvalue weighted by Crippen LogP contribution is 2.21. The monoisotopic (exact) mass is 269 g/mol. The number of rotatable bonds is 2. The van der Waals surface area contributed by atoms with Crippen molar-refractivity contribution >= 4 is 33.1 Å². The summed E-state index contributed by atoms with van der Waals surface area (Å²) in [6.45, 7) is 0. The van der Waals surface area contributed by atoms with Gasteiger partial charge in [0.25, 0.3) is 5.91 Å². The lowest BCUT2D eigenvalue weighted by atomic mass is 10.2. The van der Waals surface area contributed by atoms with E-state index < -0.39 is 0 Å². The topological polar surface area (TPSA) is 46.1 Å². The van der Waals surface area contributed by atoms with Gasteiger partial charge in [-0.05, 0) is 35.7 Å². The van der Waals surface area contributed by atoms with Crippen molar-refractivity contribution in [1.82, 2.24) is 9.97 Å². The predicted molar refractivity (Wildman–Crippen MR) is 76.6 cm³/mol. The van der Waals surface area contributed by atoms with Gasteiger partial charge in [-0.25, -0.2) is 4.98 Å². The van der Waals surface area contributed by atoms with E-state index in [0.717, 1.165) is 15.9 Å². The molecule has 94 valence electrons. The summed E-state index contributed by atoms with van der Waals surface area (Å²) in [4.78, 5) is 22.4. The molecule has 0 N–H and O–H groups in total. The Morgan fingerprint density at radius 3 is 2.95 bits per heavy atom. The molecule has 5 heteroatoms. The van der Waals surface area contributed by atoms with Crippen LogP contribution in [0.4, 0.5) is 5.00 Å². The molecule has 0 bridgehead atoms. The molecule has 1 amide bonds. The molecule has 0 unspecified atom stereocenters.